The second-order valence-electron chi connectivity index (χ2n) is 4.22. The number of aromatic amines is 1. The molecule has 0 fully saturated rings. The standard InChI is InChI=1S/C15H11N3O/c1-10-7-13(14(9-17)15(19)18-10)12-4-2-3-11(8-12)5-6-16/h2-4,7-8H,5H2,1H3,(H,18,19). The van der Waals surface area contributed by atoms with E-state index >= 15 is 0 Å². The number of rotatable bonds is 2. The average Bonchev–Trinajstić information content (AvgIpc) is 2.38. The molecule has 4 nitrogen and oxygen atoms in total. The van der Waals surface area contributed by atoms with Crippen LogP contribution in [0.15, 0.2) is 35.1 Å². The van der Waals surface area contributed by atoms with E-state index in [4.69, 9.17) is 10.5 Å². The second-order valence-corrected chi connectivity index (χ2v) is 4.22. The number of pyridine rings is 1. The molecule has 0 radical (unpaired) electrons. The van der Waals surface area contributed by atoms with Crippen LogP contribution in [-0.2, 0) is 6.42 Å². The summed E-state index contributed by atoms with van der Waals surface area (Å²) in [5.74, 6) is 0. The van der Waals surface area contributed by atoms with E-state index in [1.807, 2.05) is 30.3 Å². The van der Waals surface area contributed by atoms with Crippen LogP contribution in [0.3, 0.4) is 0 Å². The summed E-state index contributed by atoms with van der Waals surface area (Å²) in [6.45, 7) is 1.77. The number of aromatic nitrogens is 1. The number of H-pyrrole nitrogens is 1. The van der Waals surface area contributed by atoms with E-state index in [9.17, 15) is 4.79 Å². The number of nitriles is 2. The number of aryl methyl sites for hydroxylation is 1. The molecule has 1 aromatic carbocycles. The second kappa shape index (κ2) is 5.20. The predicted molar refractivity (Wildman–Crippen MR) is 71.3 cm³/mol. The molecule has 0 unspecified atom stereocenters. The first-order valence-corrected chi connectivity index (χ1v) is 5.76. The zero-order valence-corrected chi connectivity index (χ0v) is 10.4. The lowest BCUT2D eigenvalue weighted by atomic mass is 9.98. The highest BCUT2D eigenvalue weighted by molar-refractivity contribution is 5.70. The van der Waals surface area contributed by atoms with Gasteiger partial charge in [-0.3, -0.25) is 4.79 Å². The summed E-state index contributed by atoms with van der Waals surface area (Å²) in [4.78, 5) is 14.4. The van der Waals surface area contributed by atoms with Crippen LogP contribution < -0.4 is 5.56 Å². The van der Waals surface area contributed by atoms with E-state index in [1.165, 1.54) is 0 Å². The Kier molecular flexibility index (Phi) is 3.45. The fourth-order valence-corrected chi connectivity index (χ4v) is 1.97. The Labute approximate surface area is 110 Å². The van der Waals surface area contributed by atoms with Gasteiger partial charge in [0.05, 0.1) is 12.5 Å². The molecule has 2 aromatic rings. The third kappa shape index (κ3) is 2.53. The van der Waals surface area contributed by atoms with Crippen LogP contribution in [0.25, 0.3) is 11.1 Å². The van der Waals surface area contributed by atoms with Crippen molar-refractivity contribution in [1.82, 2.24) is 4.98 Å². The minimum atomic E-state index is -0.386. The average molecular weight is 249 g/mol. The highest BCUT2D eigenvalue weighted by Crippen LogP contribution is 2.23. The molecule has 0 atom stereocenters. The maximum absolute atomic E-state index is 11.7. The third-order valence-corrected chi connectivity index (χ3v) is 2.80. The number of hydrogen-bond donors (Lipinski definition) is 1. The molecule has 0 amide bonds. The van der Waals surface area contributed by atoms with E-state index in [2.05, 4.69) is 11.1 Å². The van der Waals surface area contributed by atoms with E-state index < -0.39 is 0 Å². The lowest BCUT2D eigenvalue weighted by Gasteiger charge is -2.06. The van der Waals surface area contributed by atoms with Crippen molar-refractivity contribution in [2.24, 2.45) is 0 Å². The van der Waals surface area contributed by atoms with Gasteiger partial charge in [-0.05, 0) is 24.1 Å². The molecule has 0 saturated carbocycles. The number of benzene rings is 1. The summed E-state index contributed by atoms with van der Waals surface area (Å²) in [5, 5.41) is 17.8. The zero-order chi connectivity index (χ0) is 13.8. The van der Waals surface area contributed by atoms with Crippen LogP contribution in [0.2, 0.25) is 0 Å². The summed E-state index contributed by atoms with van der Waals surface area (Å²) in [7, 11) is 0. The Morgan fingerprint density at radius 3 is 2.74 bits per heavy atom. The van der Waals surface area contributed by atoms with Crippen molar-refractivity contribution in [2.75, 3.05) is 0 Å². The Morgan fingerprint density at radius 1 is 1.26 bits per heavy atom. The minimum absolute atomic E-state index is 0.0970. The van der Waals surface area contributed by atoms with Crippen LogP contribution in [0.1, 0.15) is 16.8 Å². The molecule has 2 rings (SSSR count). The summed E-state index contributed by atoms with van der Waals surface area (Å²) >= 11 is 0. The molecule has 92 valence electrons. The van der Waals surface area contributed by atoms with Crippen LogP contribution >= 0.6 is 0 Å². The zero-order valence-electron chi connectivity index (χ0n) is 10.4. The molecular formula is C15H11N3O. The molecular weight excluding hydrogens is 238 g/mol. The van der Waals surface area contributed by atoms with Gasteiger partial charge in [0.2, 0.25) is 0 Å². The van der Waals surface area contributed by atoms with Crippen molar-refractivity contribution in [3.8, 4) is 23.3 Å². The first kappa shape index (κ1) is 12.6. The molecule has 1 N–H and O–H groups in total. The molecule has 19 heavy (non-hydrogen) atoms. The third-order valence-electron chi connectivity index (χ3n) is 2.80. The van der Waals surface area contributed by atoms with Gasteiger partial charge in [0.15, 0.2) is 0 Å². The monoisotopic (exact) mass is 249 g/mol. The Morgan fingerprint density at radius 2 is 2.05 bits per heavy atom. The van der Waals surface area contributed by atoms with Gasteiger partial charge in [0.25, 0.3) is 5.56 Å². The van der Waals surface area contributed by atoms with Gasteiger partial charge in [-0.1, -0.05) is 24.3 Å². The summed E-state index contributed by atoms with van der Waals surface area (Å²) in [6.07, 6.45) is 0.303. The SMILES string of the molecule is Cc1cc(-c2cccc(CC#N)c2)c(C#N)c(=O)[nH]1. The Hall–Kier alpha value is -2.85. The van der Waals surface area contributed by atoms with Crippen LogP contribution in [0, 0.1) is 29.6 Å². The van der Waals surface area contributed by atoms with Gasteiger partial charge in [-0.15, -0.1) is 0 Å². The molecule has 0 aliphatic carbocycles. The van der Waals surface area contributed by atoms with Crippen molar-refractivity contribution < 1.29 is 0 Å². The van der Waals surface area contributed by atoms with E-state index in [0.29, 0.717) is 17.7 Å². The summed E-state index contributed by atoms with van der Waals surface area (Å²) in [5.41, 5.74) is 2.65. The van der Waals surface area contributed by atoms with Crippen LogP contribution in [0.4, 0.5) is 0 Å². The first-order valence-electron chi connectivity index (χ1n) is 5.76. The van der Waals surface area contributed by atoms with Crippen molar-refractivity contribution in [1.29, 1.82) is 10.5 Å². The molecule has 4 heteroatoms. The molecule has 1 heterocycles. The maximum Gasteiger partial charge on any atom is 0.266 e. The van der Waals surface area contributed by atoms with E-state index in [-0.39, 0.29) is 11.1 Å². The quantitative estimate of drug-likeness (QED) is 0.886. The van der Waals surface area contributed by atoms with Gasteiger partial charge in [-0.2, -0.15) is 10.5 Å². The fraction of sp³-hybridized carbons (Fsp3) is 0.133. The lowest BCUT2D eigenvalue weighted by molar-refractivity contribution is 1.13. The number of nitrogens with zero attached hydrogens (tertiary/aromatic N) is 2. The van der Waals surface area contributed by atoms with Crippen LogP contribution in [-0.4, -0.2) is 4.98 Å². The topological polar surface area (TPSA) is 80.4 Å². The number of hydrogen-bond acceptors (Lipinski definition) is 3. The van der Waals surface area contributed by atoms with Crippen molar-refractivity contribution in [3.63, 3.8) is 0 Å². The fourth-order valence-electron chi connectivity index (χ4n) is 1.97. The van der Waals surface area contributed by atoms with Gasteiger partial charge in [0.1, 0.15) is 11.6 Å². The van der Waals surface area contributed by atoms with E-state index in [0.717, 1.165) is 11.1 Å². The molecule has 0 aliphatic rings. The van der Waals surface area contributed by atoms with Gasteiger partial charge >= 0.3 is 0 Å². The summed E-state index contributed by atoms with van der Waals surface area (Å²) in [6, 6.07) is 13.1. The molecule has 0 saturated heterocycles. The van der Waals surface area contributed by atoms with E-state index in [1.54, 1.807) is 13.0 Å². The molecule has 0 bridgehead atoms. The Balaban J connectivity index is 2.66. The van der Waals surface area contributed by atoms with Gasteiger partial charge < -0.3 is 4.98 Å². The highest BCUT2D eigenvalue weighted by atomic mass is 16.1. The van der Waals surface area contributed by atoms with Crippen molar-refractivity contribution in [2.45, 2.75) is 13.3 Å². The highest BCUT2D eigenvalue weighted by Gasteiger charge is 2.10. The number of nitrogens with one attached hydrogen (secondary N) is 1. The molecule has 1 aromatic heterocycles. The summed E-state index contributed by atoms with van der Waals surface area (Å²) < 4.78 is 0. The predicted octanol–water partition coefficient (Wildman–Crippen LogP) is 2.29. The Bertz CT molecular complexity index is 760. The molecule has 0 spiro atoms. The maximum atomic E-state index is 11.7. The van der Waals surface area contributed by atoms with Gasteiger partial charge in [0, 0.05) is 11.3 Å². The van der Waals surface area contributed by atoms with Crippen LogP contribution in [0.5, 0.6) is 0 Å². The van der Waals surface area contributed by atoms with Crippen molar-refractivity contribution in [3.05, 3.63) is 57.5 Å². The largest absolute Gasteiger partial charge is 0.325 e. The first-order chi connectivity index (χ1) is 9.15. The molecule has 0 aliphatic heterocycles. The van der Waals surface area contributed by atoms with Crippen molar-refractivity contribution >= 4 is 0 Å². The smallest absolute Gasteiger partial charge is 0.266 e. The lowest BCUT2D eigenvalue weighted by Crippen LogP contribution is -2.12. The van der Waals surface area contributed by atoms with Gasteiger partial charge in [-0.25, -0.2) is 0 Å². The normalized spacial score (nSPS) is 9.63. The minimum Gasteiger partial charge on any atom is -0.325 e.